The van der Waals surface area contributed by atoms with Crippen molar-refractivity contribution in [3.8, 4) is 5.75 Å². The van der Waals surface area contributed by atoms with Crippen LogP contribution < -0.4 is 19.7 Å². The van der Waals surface area contributed by atoms with E-state index in [-0.39, 0.29) is 23.2 Å². The van der Waals surface area contributed by atoms with Gasteiger partial charge in [-0.3, -0.25) is 9.52 Å². The van der Waals surface area contributed by atoms with Gasteiger partial charge in [0.15, 0.2) is 0 Å². The van der Waals surface area contributed by atoms with Gasteiger partial charge in [0, 0.05) is 37.7 Å². The highest BCUT2D eigenvalue weighted by molar-refractivity contribution is 7.92. The minimum absolute atomic E-state index is 0.0238. The maximum absolute atomic E-state index is 14.1. The molecule has 10 heteroatoms. The van der Waals surface area contributed by atoms with Gasteiger partial charge in [-0.05, 0) is 99.5 Å². The predicted octanol–water partition coefficient (Wildman–Crippen LogP) is 5.95. The van der Waals surface area contributed by atoms with Gasteiger partial charge in [-0.15, -0.1) is 4.36 Å². The number of carbonyl (C=O) groups excluding carboxylic acids is 2. The van der Waals surface area contributed by atoms with Crippen molar-refractivity contribution in [2.24, 2.45) is 22.1 Å². The molecule has 1 saturated carbocycles. The Kier molecular flexibility index (Phi) is 9.48. The number of fused-ring (bicyclic) bond motifs is 4. The van der Waals surface area contributed by atoms with Crippen LogP contribution in [0.3, 0.4) is 0 Å². The smallest absolute Gasteiger partial charge is 0.327 e. The Labute approximate surface area is 273 Å². The van der Waals surface area contributed by atoms with Crippen molar-refractivity contribution in [1.29, 1.82) is 0 Å². The first-order chi connectivity index (χ1) is 22.1. The maximum atomic E-state index is 14.1. The summed E-state index contributed by atoms with van der Waals surface area (Å²) in [7, 11) is -1.64. The van der Waals surface area contributed by atoms with Crippen molar-refractivity contribution in [1.82, 2.24) is 10.0 Å². The standard InChI is InChI=1S/C36H48N4O5S/c1-5-37-35(42)39-46(43)21-25(3)8-6-10-32(44-4)29-14-12-28(29)20-40-22-36(17-7-9-26-18-24(2)11-15-30(26)36)23-45-33-16-13-27(19-31(33)40)34(41)38-46/h6,10-11,13,15-16,18-19,25,28-29,32H,5,7-9,12,14,17,20-23H2,1-4H3,(H2,37,38,39,41,42,43)/b10-6+/t25-,28-,29+,32-,36-,46?/m0/s1. The van der Waals surface area contributed by atoms with E-state index < -0.39 is 21.9 Å². The number of nitrogens with zero attached hydrogens (tertiary/aromatic N) is 2. The lowest BCUT2D eigenvalue weighted by molar-refractivity contribution is 0.0131. The van der Waals surface area contributed by atoms with Crippen LogP contribution in [0.15, 0.2) is 52.9 Å². The topological polar surface area (TPSA) is 109 Å². The number of hydrogen-bond donors (Lipinski definition) is 2. The van der Waals surface area contributed by atoms with Crippen LogP contribution in [0, 0.1) is 24.7 Å². The van der Waals surface area contributed by atoms with Gasteiger partial charge < -0.3 is 19.7 Å². The van der Waals surface area contributed by atoms with Crippen molar-refractivity contribution >= 4 is 27.5 Å². The molecule has 2 heterocycles. The molecule has 2 aromatic rings. The molecule has 2 bridgehead atoms. The van der Waals surface area contributed by atoms with Crippen LogP contribution in [0.2, 0.25) is 0 Å². The molecular formula is C36H48N4O5S. The Morgan fingerprint density at radius 2 is 2.07 bits per heavy atom. The molecule has 1 unspecified atom stereocenters. The average molecular weight is 649 g/mol. The molecule has 46 heavy (non-hydrogen) atoms. The molecule has 6 rings (SSSR count). The summed E-state index contributed by atoms with van der Waals surface area (Å²) >= 11 is 0. The van der Waals surface area contributed by atoms with Gasteiger partial charge in [0.25, 0.3) is 5.91 Å². The first-order valence-corrected chi connectivity index (χ1v) is 18.5. The highest BCUT2D eigenvalue weighted by Crippen LogP contribution is 2.46. The van der Waals surface area contributed by atoms with Gasteiger partial charge in [0.1, 0.15) is 15.7 Å². The summed E-state index contributed by atoms with van der Waals surface area (Å²) in [6, 6.07) is 11.6. The fourth-order valence-electron chi connectivity index (χ4n) is 7.87. The first kappa shape index (κ1) is 32.6. The van der Waals surface area contributed by atoms with Crippen molar-refractivity contribution in [3.05, 3.63) is 70.8 Å². The molecule has 3 amide bonds. The zero-order valence-electron chi connectivity index (χ0n) is 27.6. The zero-order valence-corrected chi connectivity index (χ0v) is 28.4. The number of allylic oxidation sites excluding steroid dienone is 1. The van der Waals surface area contributed by atoms with E-state index in [9.17, 15) is 13.8 Å². The van der Waals surface area contributed by atoms with Crippen LogP contribution in [0.4, 0.5) is 10.5 Å². The third-order valence-electron chi connectivity index (χ3n) is 10.3. The summed E-state index contributed by atoms with van der Waals surface area (Å²) in [6.45, 7) is 8.40. The lowest BCUT2D eigenvalue weighted by Gasteiger charge is -2.46. The number of urea groups is 1. The lowest BCUT2D eigenvalue weighted by atomic mass is 9.68. The summed E-state index contributed by atoms with van der Waals surface area (Å²) < 4.78 is 33.5. The number of methoxy groups -OCH3 is 1. The van der Waals surface area contributed by atoms with E-state index in [0.29, 0.717) is 37.0 Å². The van der Waals surface area contributed by atoms with Crippen molar-refractivity contribution in [2.75, 3.05) is 44.0 Å². The van der Waals surface area contributed by atoms with Gasteiger partial charge in [-0.1, -0.05) is 42.8 Å². The Balaban J connectivity index is 1.44. The highest BCUT2D eigenvalue weighted by atomic mass is 32.2. The summed E-state index contributed by atoms with van der Waals surface area (Å²) in [5, 5.41) is 2.62. The molecule has 0 aromatic heterocycles. The molecule has 6 atom stereocenters. The van der Waals surface area contributed by atoms with Crippen LogP contribution >= 0.6 is 0 Å². The monoisotopic (exact) mass is 648 g/mol. The quantitative estimate of drug-likeness (QED) is 0.399. The summed E-state index contributed by atoms with van der Waals surface area (Å²) in [4.78, 5) is 28.7. The largest absolute Gasteiger partial charge is 0.490 e. The predicted molar refractivity (Wildman–Crippen MR) is 182 cm³/mol. The summed E-state index contributed by atoms with van der Waals surface area (Å²) in [5.41, 5.74) is 5.04. The minimum atomic E-state index is -3.41. The number of anilines is 1. The van der Waals surface area contributed by atoms with Crippen molar-refractivity contribution in [3.63, 3.8) is 0 Å². The van der Waals surface area contributed by atoms with Crippen LogP contribution in [0.5, 0.6) is 5.75 Å². The van der Waals surface area contributed by atoms with Crippen molar-refractivity contribution in [2.45, 2.75) is 70.8 Å². The fourth-order valence-corrected chi connectivity index (χ4v) is 9.72. The Hall–Kier alpha value is -3.37. The van der Waals surface area contributed by atoms with Gasteiger partial charge in [-0.25, -0.2) is 9.00 Å². The third-order valence-corrected chi connectivity index (χ3v) is 12.3. The third kappa shape index (κ3) is 6.69. The van der Waals surface area contributed by atoms with Crippen LogP contribution in [0.25, 0.3) is 0 Å². The summed E-state index contributed by atoms with van der Waals surface area (Å²) in [6.07, 6.45) is 10.2. The molecule has 2 aliphatic heterocycles. The van der Waals surface area contributed by atoms with Crippen LogP contribution in [0.1, 0.15) is 73.0 Å². The molecule has 0 saturated heterocycles. The van der Waals surface area contributed by atoms with Gasteiger partial charge in [0.2, 0.25) is 0 Å². The minimum Gasteiger partial charge on any atom is -0.490 e. The Morgan fingerprint density at radius 1 is 1.22 bits per heavy atom. The van der Waals surface area contributed by atoms with Crippen LogP contribution in [-0.2, 0) is 26.5 Å². The molecule has 0 radical (unpaired) electrons. The first-order valence-electron chi connectivity index (χ1n) is 16.8. The normalized spacial score (nSPS) is 31.7. The van der Waals surface area contributed by atoms with Crippen molar-refractivity contribution < 1.29 is 23.3 Å². The molecule has 1 fully saturated rings. The lowest BCUT2D eigenvalue weighted by Crippen LogP contribution is -2.49. The van der Waals surface area contributed by atoms with Gasteiger partial charge >= 0.3 is 6.03 Å². The maximum Gasteiger partial charge on any atom is 0.327 e. The molecule has 2 aliphatic carbocycles. The summed E-state index contributed by atoms with van der Waals surface area (Å²) in [5.74, 6) is 0.872. The van der Waals surface area contributed by atoms with E-state index in [1.807, 2.05) is 19.1 Å². The number of amides is 3. The SMILES string of the molecule is CCNC(=O)NS1(=O)=NC(=O)c2ccc3c(c2)N(C[C@@H]2CC[C@H]2[C@@H](OC)/C=C/C[C@H](C)C1)C[C@@]1(CCCc2cc(C)ccc21)CO3. The van der Waals surface area contributed by atoms with Gasteiger partial charge in [-0.2, -0.15) is 0 Å². The van der Waals surface area contributed by atoms with E-state index in [4.69, 9.17) is 9.47 Å². The zero-order chi connectivity index (χ0) is 32.5. The molecule has 248 valence electrons. The molecule has 9 nitrogen and oxygen atoms in total. The molecule has 4 aliphatic rings. The molecular weight excluding hydrogens is 600 g/mol. The van der Waals surface area contributed by atoms with E-state index >= 15 is 0 Å². The molecule has 2 N–H and O–H groups in total. The van der Waals surface area contributed by atoms with E-state index in [2.05, 4.69) is 56.6 Å². The van der Waals surface area contributed by atoms with E-state index in [1.54, 1.807) is 20.1 Å². The van der Waals surface area contributed by atoms with Gasteiger partial charge in [0.05, 0.1) is 24.2 Å². The van der Waals surface area contributed by atoms with Crippen LogP contribution in [-0.4, -0.2) is 61.4 Å². The van der Waals surface area contributed by atoms with E-state index in [1.165, 1.54) is 16.7 Å². The number of carbonyl (C=O) groups is 2. The Bertz CT molecular complexity index is 1630. The number of nitrogens with one attached hydrogen (secondary N) is 2. The fraction of sp³-hybridized carbons (Fsp3) is 0.556. The Morgan fingerprint density at radius 3 is 2.83 bits per heavy atom. The molecule has 1 spiro atoms. The highest BCUT2D eigenvalue weighted by Gasteiger charge is 2.44. The van der Waals surface area contributed by atoms with E-state index in [0.717, 1.165) is 56.6 Å². The molecule has 2 aromatic carbocycles. The second-order valence-corrected chi connectivity index (χ2v) is 15.8. The number of rotatable bonds is 3. The average Bonchev–Trinajstić information content (AvgIpc) is 3.14. The number of aryl methyl sites for hydroxylation is 2. The number of hydrogen-bond acceptors (Lipinski definition) is 6. The number of benzene rings is 2. The second-order valence-electron chi connectivity index (χ2n) is 13.8. The second kappa shape index (κ2) is 13.4. The number of ether oxygens (including phenoxy) is 2.